The van der Waals surface area contributed by atoms with Gasteiger partial charge in [-0.1, -0.05) is 4.89 Å². The zero-order valence-electron chi connectivity index (χ0n) is 10.1. The molecule has 6 nitrogen and oxygen atoms in total. The number of sulfonamides is 1. The molecule has 1 aromatic rings. The van der Waals surface area contributed by atoms with Crippen LogP contribution in [0.25, 0.3) is 0 Å². The first-order chi connectivity index (χ1) is 9.58. The summed E-state index contributed by atoms with van der Waals surface area (Å²) >= 11 is 2.99. The van der Waals surface area contributed by atoms with Crippen LogP contribution in [0.15, 0.2) is 21.5 Å². The maximum absolute atomic E-state index is 11.9. The van der Waals surface area contributed by atoms with Gasteiger partial charge in [0.2, 0.25) is 5.91 Å². The normalized spacial score (nSPS) is 15.0. The summed E-state index contributed by atoms with van der Waals surface area (Å²) in [4.78, 5) is 16.2. The summed E-state index contributed by atoms with van der Waals surface area (Å²) in [5.74, 6) is -0.298. The van der Waals surface area contributed by atoms with Gasteiger partial charge in [-0.15, -0.1) is 0 Å². The molecule has 0 atom stereocenters. The molecule has 0 unspecified atom stereocenters. The van der Waals surface area contributed by atoms with Gasteiger partial charge < -0.3 is 5.32 Å². The van der Waals surface area contributed by atoms with Crippen LogP contribution in [0.5, 0.6) is 0 Å². The SMILES string of the molecule is O=C1Cc2cc(S(=O)(=O)NOCC(F)(F)F)c(Br)cc2N1. The molecular formula is C10H8BrF3N2O4S. The third kappa shape index (κ3) is 3.93. The van der Waals surface area contributed by atoms with Crippen molar-refractivity contribution in [2.75, 3.05) is 11.9 Å². The van der Waals surface area contributed by atoms with E-state index in [4.69, 9.17) is 0 Å². The molecule has 0 fully saturated rings. The molecule has 1 heterocycles. The van der Waals surface area contributed by atoms with Crippen molar-refractivity contribution in [1.82, 2.24) is 4.89 Å². The molecule has 21 heavy (non-hydrogen) atoms. The molecule has 0 aromatic heterocycles. The average Bonchev–Trinajstić information content (AvgIpc) is 2.64. The van der Waals surface area contributed by atoms with Gasteiger partial charge in [0.1, 0.15) is 0 Å². The van der Waals surface area contributed by atoms with E-state index in [0.29, 0.717) is 11.3 Å². The zero-order chi connectivity index (χ0) is 15.8. The van der Waals surface area contributed by atoms with E-state index in [0.717, 1.165) is 0 Å². The van der Waals surface area contributed by atoms with Crippen LogP contribution < -0.4 is 10.2 Å². The third-order valence-electron chi connectivity index (χ3n) is 2.48. The highest BCUT2D eigenvalue weighted by atomic mass is 79.9. The summed E-state index contributed by atoms with van der Waals surface area (Å²) in [6.07, 6.45) is -4.66. The number of benzene rings is 1. The minimum Gasteiger partial charge on any atom is -0.325 e. The molecular weight excluding hydrogens is 381 g/mol. The van der Waals surface area contributed by atoms with E-state index in [9.17, 15) is 26.4 Å². The number of halogens is 4. The van der Waals surface area contributed by atoms with Crippen molar-refractivity contribution in [3.05, 3.63) is 22.2 Å². The predicted octanol–water partition coefficient (Wildman–Crippen LogP) is 1.72. The molecule has 0 aliphatic carbocycles. The van der Waals surface area contributed by atoms with E-state index in [1.54, 1.807) is 0 Å². The van der Waals surface area contributed by atoms with Crippen molar-refractivity contribution in [1.29, 1.82) is 0 Å². The Morgan fingerprint density at radius 3 is 2.67 bits per heavy atom. The largest absolute Gasteiger partial charge is 0.413 e. The van der Waals surface area contributed by atoms with Crippen LogP contribution in [-0.4, -0.2) is 27.1 Å². The number of nitrogens with one attached hydrogen (secondary N) is 2. The fourth-order valence-electron chi connectivity index (χ4n) is 1.67. The van der Waals surface area contributed by atoms with Gasteiger partial charge in [-0.2, -0.15) is 13.2 Å². The van der Waals surface area contributed by atoms with Crippen LogP contribution in [0, 0.1) is 0 Å². The smallest absolute Gasteiger partial charge is 0.325 e. The van der Waals surface area contributed by atoms with E-state index < -0.39 is 22.8 Å². The lowest BCUT2D eigenvalue weighted by Crippen LogP contribution is -2.29. The van der Waals surface area contributed by atoms with Gasteiger partial charge in [0.25, 0.3) is 10.0 Å². The predicted molar refractivity (Wildman–Crippen MR) is 68.8 cm³/mol. The van der Waals surface area contributed by atoms with Gasteiger partial charge in [-0.3, -0.25) is 9.63 Å². The van der Waals surface area contributed by atoms with Crippen LogP contribution in [-0.2, 0) is 26.1 Å². The van der Waals surface area contributed by atoms with Crippen LogP contribution in [0.3, 0.4) is 0 Å². The zero-order valence-corrected chi connectivity index (χ0v) is 12.5. The molecule has 116 valence electrons. The van der Waals surface area contributed by atoms with Crippen LogP contribution in [0.2, 0.25) is 0 Å². The topological polar surface area (TPSA) is 84.5 Å². The lowest BCUT2D eigenvalue weighted by molar-refractivity contribution is -0.181. The quantitative estimate of drug-likeness (QED) is 0.769. The number of amides is 1. The Kier molecular flexibility index (Phi) is 4.29. The van der Waals surface area contributed by atoms with Crippen LogP contribution >= 0.6 is 15.9 Å². The maximum atomic E-state index is 11.9. The van der Waals surface area contributed by atoms with E-state index in [1.165, 1.54) is 17.0 Å². The Labute approximate surface area is 125 Å². The van der Waals surface area contributed by atoms with Crippen molar-refractivity contribution in [2.45, 2.75) is 17.5 Å². The molecule has 1 aromatic carbocycles. The standard InChI is InChI=1S/C10H8BrF3N2O4S/c11-6-3-7-5(2-9(17)15-7)1-8(6)21(18,19)16-20-4-10(12,13)14/h1,3,16H,2,4H2,(H,15,17). The summed E-state index contributed by atoms with van der Waals surface area (Å²) in [6.45, 7) is -1.76. The van der Waals surface area contributed by atoms with Crippen molar-refractivity contribution in [3.8, 4) is 0 Å². The van der Waals surface area contributed by atoms with Gasteiger partial charge in [-0.05, 0) is 33.6 Å². The van der Waals surface area contributed by atoms with Gasteiger partial charge >= 0.3 is 6.18 Å². The van der Waals surface area contributed by atoms with Crippen LogP contribution in [0.4, 0.5) is 18.9 Å². The summed E-state index contributed by atoms with van der Waals surface area (Å²) in [5.41, 5.74) is 0.876. The molecule has 1 aliphatic heterocycles. The second kappa shape index (κ2) is 5.55. The molecule has 2 rings (SSSR count). The molecule has 0 radical (unpaired) electrons. The second-order valence-corrected chi connectivity index (χ2v) is 6.62. The molecule has 1 amide bonds. The monoisotopic (exact) mass is 388 g/mol. The van der Waals surface area contributed by atoms with E-state index in [2.05, 4.69) is 26.1 Å². The Balaban J connectivity index is 2.21. The molecule has 0 saturated heterocycles. The lowest BCUT2D eigenvalue weighted by Gasteiger charge is -2.11. The number of hydrogen-bond acceptors (Lipinski definition) is 4. The number of alkyl halides is 3. The first-order valence-corrected chi connectivity index (χ1v) is 7.69. The lowest BCUT2D eigenvalue weighted by atomic mass is 10.2. The van der Waals surface area contributed by atoms with Gasteiger partial charge in [-0.25, -0.2) is 8.42 Å². The Bertz CT molecular complexity index is 690. The number of rotatable bonds is 4. The minimum absolute atomic E-state index is 0.00542. The van der Waals surface area contributed by atoms with Gasteiger partial charge in [0, 0.05) is 10.2 Å². The van der Waals surface area contributed by atoms with Crippen molar-refractivity contribution in [3.63, 3.8) is 0 Å². The Morgan fingerprint density at radius 1 is 1.38 bits per heavy atom. The first-order valence-electron chi connectivity index (χ1n) is 5.41. The fraction of sp³-hybridized carbons (Fsp3) is 0.300. The first kappa shape index (κ1) is 16.2. The number of carbonyl (C=O) groups is 1. The summed E-state index contributed by atoms with van der Waals surface area (Å²) in [5, 5.41) is 2.52. The van der Waals surface area contributed by atoms with Crippen molar-refractivity contribution < 1.29 is 31.2 Å². The molecule has 1 aliphatic rings. The summed E-state index contributed by atoms with van der Waals surface area (Å²) < 4.78 is 59.6. The van der Waals surface area contributed by atoms with Crippen molar-refractivity contribution in [2.24, 2.45) is 0 Å². The van der Waals surface area contributed by atoms with Gasteiger partial charge in [0.05, 0.1) is 11.3 Å². The van der Waals surface area contributed by atoms with Crippen LogP contribution in [0.1, 0.15) is 5.56 Å². The molecule has 0 saturated carbocycles. The Hall–Kier alpha value is -1.17. The number of carbonyl (C=O) groups excluding carboxylic acids is 1. The molecule has 2 N–H and O–H groups in total. The third-order valence-corrected chi connectivity index (χ3v) is 4.65. The van der Waals surface area contributed by atoms with E-state index >= 15 is 0 Å². The highest BCUT2D eigenvalue weighted by molar-refractivity contribution is 9.10. The fourth-order valence-corrected chi connectivity index (χ4v) is 3.56. The number of fused-ring (bicyclic) bond motifs is 1. The Morgan fingerprint density at radius 2 is 2.05 bits per heavy atom. The summed E-state index contributed by atoms with van der Waals surface area (Å²) in [6, 6.07) is 2.55. The van der Waals surface area contributed by atoms with E-state index in [1.807, 2.05) is 0 Å². The van der Waals surface area contributed by atoms with Crippen molar-refractivity contribution >= 4 is 37.5 Å². The highest BCUT2D eigenvalue weighted by Crippen LogP contribution is 2.32. The molecule has 11 heteroatoms. The second-order valence-electron chi connectivity index (χ2n) is 4.16. The summed E-state index contributed by atoms with van der Waals surface area (Å²) in [7, 11) is -4.31. The minimum atomic E-state index is -4.66. The van der Waals surface area contributed by atoms with E-state index in [-0.39, 0.29) is 21.7 Å². The molecule has 0 bridgehead atoms. The number of anilines is 1. The number of hydrogen-bond donors (Lipinski definition) is 2. The van der Waals surface area contributed by atoms with Gasteiger partial charge in [0.15, 0.2) is 6.61 Å². The average molecular weight is 389 g/mol. The molecule has 0 spiro atoms. The highest BCUT2D eigenvalue weighted by Gasteiger charge is 2.30. The maximum Gasteiger partial charge on any atom is 0.413 e.